The Labute approximate surface area is 124 Å². The van der Waals surface area contributed by atoms with E-state index in [1.165, 1.54) is 6.07 Å². The molecule has 0 bridgehead atoms. The molecule has 1 unspecified atom stereocenters. The highest BCUT2D eigenvalue weighted by Gasteiger charge is 2.21. The number of fused-ring (bicyclic) bond motifs is 1. The first-order valence-corrected chi connectivity index (χ1v) is 8.06. The zero-order chi connectivity index (χ0) is 14.5. The summed E-state index contributed by atoms with van der Waals surface area (Å²) in [5.41, 5.74) is 1.13. The van der Waals surface area contributed by atoms with Gasteiger partial charge in [-0.2, -0.15) is 8.78 Å². The second kappa shape index (κ2) is 7.08. The van der Waals surface area contributed by atoms with E-state index in [-0.39, 0.29) is 10.6 Å². The van der Waals surface area contributed by atoms with E-state index in [2.05, 4.69) is 0 Å². The van der Waals surface area contributed by atoms with Gasteiger partial charge >= 0.3 is 0 Å². The molecule has 1 aromatic rings. The average Bonchev–Trinajstić information content (AvgIpc) is 2.42. The quantitative estimate of drug-likeness (QED) is 0.442. The molecule has 0 N–H and O–H groups in total. The molecule has 0 radical (unpaired) electrons. The van der Waals surface area contributed by atoms with E-state index in [0.29, 0.717) is 16.8 Å². The van der Waals surface area contributed by atoms with Gasteiger partial charge in [-0.05, 0) is 42.7 Å². The fourth-order valence-corrected chi connectivity index (χ4v) is 4.60. The van der Waals surface area contributed by atoms with Crippen molar-refractivity contribution in [3.8, 4) is 0 Å². The molecule has 0 saturated heterocycles. The summed E-state index contributed by atoms with van der Waals surface area (Å²) in [6.07, 6.45) is 1.40. The van der Waals surface area contributed by atoms with Crippen molar-refractivity contribution in [2.75, 3.05) is 5.75 Å². The van der Waals surface area contributed by atoms with E-state index in [1.54, 1.807) is 35.7 Å². The van der Waals surface area contributed by atoms with Crippen LogP contribution in [0.5, 0.6) is 0 Å². The van der Waals surface area contributed by atoms with E-state index in [0.717, 1.165) is 29.4 Å². The molecule has 1 aliphatic heterocycles. The minimum atomic E-state index is -1.63. The molecule has 7 heteroatoms. The van der Waals surface area contributed by atoms with Crippen molar-refractivity contribution in [3.05, 3.63) is 46.0 Å². The number of allylic oxidation sites excluding steroid dienone is 1. The first-order chi connectivity index (χ1) is 9.56. The number of hydrogen-bond acceptors (Lipinski definition) is 4. The minimum Gasteiger partial charge on any atom is -0.258 e. The Bertz CT molecular complexity index is 533. The summed E-state index contributed by atoms with van der Waals surface area (Å²) in [5.74, 6) is 0.664. The zero-order valence-electron chi connectivity index (χ0n) is 10.6. The van der Waals surface area contributed by atoms with Crippen molar-refractivity contribution in [2.45, 2.75) is 28.7 Å². The maximum Gasteiger partial charge on any atom is 0.269 e. The van der Waals surface area contributed by atoms with Gasteiger partial charge in [-0.3, -0.25) is 10.1 Å². The van der Waals surface area contributed by atoms with Crippen LogP contribution in [0.4, 0.5) is 14.5 Å². The molecule has 108 valence electrons. The lowest BCUT2D eigenvalue weighted by atomic mass is 10.1. The molecule has 0 aromatic heterocycles. The number of nitro benzene ring substituents is 1. The number of nitro groups is 1. The number of benzene rings is 1. The fraction of sp³-hybridized carbons (Fsp3) is 0.385. The molecule has 0 fully saturated rings. The lowest BCUT2D eigenvalue weighted by Gasteiger charge is -2.23. The molecule has 1 aromatic carbocycles. The van der Waals surface area contributed by atoms with Crippen molar-refractivity contribution >= 4 is 29.2 Å². The summed E-state index contributed by atoms with van der Waals surface area (Å²) in [5, 5.41) is 10.7. The summed E-state index contributed by atoms with van der Waals surface area (Å²) in [6.45, 7) is 0. The molecule has 2 rings (SSSR count). The van der Waals surface area contributed by atoms with E-state index in [4.69, 9.17) is 0 Å². The second-order valence-corrected chi connectivity index (χ2v) is 7.14. The van der Waals surface area contributed by atoms with Gasteiger partial charge in [0.25, 0.3) is 11.8 Å². The Morgan fingerprint density at radius 2 is 2.35 bits per heavy atom. The molecular weight excluding hydrogens is 304 g/mol. The van der Waals surface area contributed by atoms with Crippen molar-refractivity contribution in [1.29, 1.82) is 0 Å². The third kappa shape index (κ3) is 4.21. The third-order valence-corrected chi connectivity index (χ3v) is 5.81. The van der Waals surface area contributed by atoms with Crippen LogP contribution >= 0.6 is 23.5 Å². The Kier molecular flexibility index (Phi) is 5.42. The third-order valence-electron chi connectivity index (χ3n) is 2.88. The van der Waals surface area contributed by atoms with Gasteiger partial charge < -0.3 is 0 Å². The van der Waals surface area contributed by atoms with Gasteiger partial charge in [-0.25, -0.2) is 0 Å². The highest BCUT2D eigenvalue weighted by molar-refractivity contribution is 8.17. The largest absolute Gasteiger partial charge is 0.269 e. The standard InChI is InChI=1S/C13H13F2NO2S2/c14-12(15)2-1-7-19-13-6-3-9-8-10(16(17)18)4-5-11(9)20-13/h2,4-5,8,13H,1,3,6-7H2. The van der Waals surface area contributed by atoms with Gasteiger partial charge in [0, 0.05) is 17.0 Å². The van der Waals surface area contributed by atoms with Gasteiger partial charge in [0.15, 0.2) is 0 Å². The van der Waals surface area contributed by atoms with Crippen molar-refractivity contribution in [2.24, 2.45) is 0 Å². The maximum atomic E-state index is 11.9. The maximum absolute atomic E-state index is 11.9. The molecule has 0 spiro atoms. The SMILES string of the molecule is O=[N+]([O-])c1ccc2c(c1)CCC(SCCC=C(F)F)S2. The lowest BCUT2D eigenvalue weighted by Crippen LogP contribution is -2.08. The first-order valence-electron chi connectivity index (χ1n) is 6.13. The number of halogens is 2. The highest BCUT2D eigenvalue weighted by Crippen LogP contribution is 2.41. The molecule has 0 aliphatic carbocycles. The Hall–Kier alpha value is -1.08. The van der Waals surface area contributed by atoms with Crippen LogP contribution in [0.2, 0.25) is 0 Å². The molecule has 20 heavy (non-hydrogen) atoms. The molecule has 3 nitrogen and oxygen atoms in total. The summed E-state index contributed by atoms with van der Waals surface area (Å²) in [7, 11) is 0. The van der Waals surface area contributed by atoms with Gasteiger partial charge in [-0.1, -0.05) is 0 Å². The van der Waals surface area contributed by atoms with Crippen LogP contribution < -0.4 is 0 Å². The van der Waals surface area contributed by atoms with Crippen LogP contribution in [-0.2, 0) is 6.42 Å². The number of hydrogen-bond donors (Lipinski definition) is 0. The average molecular weight is 317 g/mol. The first kappa shape index (κ1) is 15.3. The van der Waals surface area contributed by atoms with Crippen LogP contribution in [0, 0.1) is 10.1 Å². The van der Waals surface area contributed by atoms with Crippen molar-refractivity contribution in [3.63, 3.8) is 0 Å². The van der Waals surface area contributed by atoms with Gasteiger partial charge in [0.1, 0.15) is 0 Å². The van der Waals surface area contributed by atoms with Crippen LogP contribution in [0.25, 0.3) is 0 Å². The zero-order valence-corrected chi connectivity index (χ0v) is 12.2. The summed E-state index contributed by atoms with van der Waals surface area (Å²) >= 11 is 3.33. The van der Waals surface area contributed by atoms with Crippen LogP contribution in [0.1, 0.15) is 18.4 Å². The number of non-ortho nitro benzene ring substituents is 1. The number of nitrogens with zero attached hydrogens (tertiary/aromatic N) is 1. The predicted molar refractivity (Wildman–Crippen MR) is 78.4 cm³/mol. The topological polar surface area (TPSA) is 43.1 Å². The highest BCUT2D eigenvalue weighted by atomic mass is 32.2. The van der Waals surface area contributed by atoms with E-state index < -0.39 is 6.08 Å². The monoisotopic (exact) mass is 317 g/mol. The normalized spacial score (nSPS) is 17.4. The van der Waals surface area contributed by atoms with Crippen LogP contribution in [0.3, 0.4) is 0 Å². The molecular formula is C13H13F2NO2S2. The molecule has 1 heterocycles. The number of aryl methyl sites for hydroxylation is 1. The van der Waals surface area contributed by atoms with Crippen molar-refractivity contribution < 1.29 is 13.7 Å². The van der Waals surface area contributed by atoms with Gasteiger partial charge in [0.05, 0.1) is 9.51 Å². The van der Waals surface area contributed by atoms with E-state index in [9.17, 15) is 18.9 Å². The molecule has 0 saturated carbocycles. The van der Waals surface area contributed by atoms with Crippen LogP contribution in [0.15, 0.2) is 35.3 Å². The number of thioether (sulfide) groups is 2. The Morgan fingerprint density at radius 3 is 3.05 bits per heavy atom. The fourth-order valence-electron chi connectivity index (χ4n) is 1.95. The summed E-state index contributed by atoms with van der Waals surface area (Å²) < 4.78 is 24.1. The minimum absolute atomic E-state index is 0.124. The Balaban J connectivity index is 1.91. The smallest absolute Gasteiger partial charge is 0.258 e. The Morgan fingerprint density at radius 1 is 1.55 bits per heavy atom. The van der Waals surface area contributed by atoms with E-state index >= 15 is 0 Å². The second-order valence-electron chi connectivity index (χ2n) is 4.29. The lowest BCUT2D eigenvalue weighted by molar-refractivity contribution is -0.385. The molecule has 0 amide bonds. The molecule has 1 atom stereocenters. The molecule has 1 aliphatic rings. The summed E-state index contributed by atoms with van der Waals surface area (Å²) in [4.78, 5) is 11.4. The van der Waals surface area contributed by atoms with Crippen LogP contribution in [-0.4, -0.2) is 15.3 Å². The number of rotatable bonds is 5. The summed E-state index contributed by atoms with van der Waals surface area (Å²) in [6, 6.07) is 4.93. The van der Waals surface area contributed by atoms with Crippen molar-refractivity contribution in [1.82, 2.24) is 0 Å². The van der Waals surface area contributed by atoms with E-state index in [1.807, 2.05) is 0 Å². The van der Waals surface area contributed by atoms with Gasteiger partial charge in [-0.15, -0.1) is 23.5 Å². The predicted octanol–water partition coefficient (Wildman–Crippen LogP) is 4.86. The van der Waals surface area contributed by atoms with Gasteiger partial charge in [0.2, 0.25) is 0 Å².